The fourth-order valence-corrected chi connectivity index (χ4v) is 2.28. The molecule has 0 aliphatic rings. The highest BCUT2D eigenvalue weighted by Gasteiger charge is 2.23. The van der Waals surface area contributed by atoms with Crippen LogP contribution in [0, 0.1) is 0 Å². The molecular formula is C18H29ClN2O2. The van der Waals surface area contributed by atoms with Gasteiger partial charge in [-0.1, -0.05) is 23.7 Å². The van der Waals surface area contributed by atoms with E-state index in [0.29, 0.717) is 13.1 Å². The van der Waals surface area contributed by atoms with Crippen LogP contribution in [-0.2, 0) is 4.74 Å². The summed E-state index contributed by atoms with van der Waals surface area (Å²) < 4.78 is 5.46. The minimum atomic E-state index is -0.478. The molecule has 23 heavy (non-hydrogen) atoms. The SMILES string of the molecule is CC(NCCN(C(=O)OC(C)(C)C)C(C)C)c1ccc(Cl)cc1. The van der Waals surface area contributed by atoms with Crippen LogP contribution in [0.3, 0.4) is 0 Å². The highest BCUT2D eigenvalue weighted by molar-refractivity contribution is 6.30. The van der Waals surface area contributed by atoms with E-state index in [1.54, 1.807) is 4.90 Å². The van der Waals surface area contributed by atoms with E-state index in [1.807, 2.05) is 58.9 Å². The summed E-state index contributed by atoms with van der Waals surface area (Å²) in [4.78, 5) is 14.0. The van der Waals surface area contributed by atoms with Crippen LogP contribution < -0.4 is 5.32 Å². The van der Waals surface area contributed by atoms with Crippen LogP contribution in [-0.4, -0.2) is 35.7 Å². The highest BCUT2D eigenvalue weighted by atomic mass is 35.5. The Kier molecular flexibility index (Phi) is 7.36. The van der Waals surface area contributed by atoms with Crippen molar-refractivity contribution in [2.75, 3.05) is 13.1 Å². The van der Waals surface area contributed by atoms with Crippen molar-refractivity contribution in [3.05, 3.63) is 34.9 Å². The third kappa shape index (κ3) is 7.23. The van der Waals surface area contributed by atoms with Gasteiger partial charge >= 0.3 is 6.09 Å². The molecule has 1 atom stereocenters. The second-order valence-corrected chi connectivity index (χ2v) is 7.43. The number of ether oxygens (including phenoxy) is 1. The van der Waals surface area contributed by atoms with Crippen molar-refractivity contribution in [3.8, 4) is 0 Å². The summed E-state index contributed by atoms with van der Waals surface area (Å²) in [5, 5.41) is 4.16. The van der Waals surface area contributed by atoms with Gasteiger partial charge in [-0.2, -0.15) is 0 Å². The van der Waals surface area contributed by atoms with Gasteiger partial charge in [-0.25, -0.2) is 4.79 Å². The molecular weight excluding hydrogens is 312 g/mol. The Morgan fingerprint density at radius 1 is 1.22 bits per heavy atom. The molecule has 0 saturated carbocycles. The number of benzene rings is 1. The van der Waals surface area contributed by atoms with Gasteiger partial charge in [0.05, 0.1) is 0 Å². The molecule has 1 unspecified atom stereocenters. The molecule has 0 heterocycles. The molecule has 0 bridgehead atoms. The van der Waals surface area contributed by atoms with E-state index in [2.05, 4.69) is 12.2 Å². The van der Waals surface area contributed by atoms with Gasteiger partial charge < -0.3 is 15.0 Å². The number of amides is 1. The second kappa shape index (κ2) is 8.55. The number of hydrogen-bond acceptors (Lipinski definition) is 3. The smallest absolute Gasteiger partial charge is 0.410 e. The summed E-state index contributed by atoms with van der Waals surface area (Å²) in [5.41, 5.74) is 0.691. The molecule has 1 rings (SSSR count). The first-order chi connectivity index (χ1) is 10.6. The lowest BCUT2D eigenvalue weighted by atomic mass is 10.1. The number of carbonyl (C=O) groups is 1. The van der Waals surface area contributed by atoms with Crippen molar-refractivity contribution in [2.24, 2.45) is 0 Å². The van der Waals surface area contributed by atoms with Crippen LogP contribution in [0.15, 0.2) is 24.3 Å². The molecule has 0 spiro atoms. The molecule has 130 valence electrons. The van der Waals surface area contributed by atoms with Crippen molar-refractivity contribution in [2.45, 2.75) is 59.2 Å². The fourth-order valence-electron chi connectivity index (χ4n) is 2.15. The topological polar surface area (TPSA) is 41.6 Å². The Hall–Kier alpha value is -1.26. The average molecular weight is 341 g/mol. The van der Waals surface area contributed by atoms with Crippen molar-refractivity contribution in [3.63, 3.8) is 0 Å². The molecule has 0 fully saturated rings. The van der Waals surface area contributed by atoms with E-state index in [9.17, 15) is 4.79 Å². The molecule has 1 amide bonds. The lowest BCUT2D eigenvalue weighted by Crippen LogP contribution is -2.44. The third-order valence-electron chi connectivity index (χ3n) is 3.42. The fraction of sp³-hybridized carbons (Fsp3) is 0.611. The van der Waals surface area contributed by atoms with Crippen molar-refractivity contribution in [1.29, 1.82) is 0 Å². The molecule has 0 radical (unpaired) electrons. The van der Waals surface area contributed by atoms with Gasteiger partial charge in [0.2, 0.25) is 0 Å². The predicted octanol–water partition coefficient (Wildman–Crippen LogP) is 4.64. The number of carbonyl (C=O) groups excluding carboxylic acids is 1. The Morgan fingerprint density at radius 3 is 2.26 bits per heavy atom. The number of hydrogen-bond donors (Lipinski definition) is 1. The Labute approximate surface area is 145 Å². The molecule has 0 saturated heterocycles. The number of nitrogens with one attached hydrogen (secondary N) is 1. The van der Waals surface area contributed by atoms with E-state index in [4.69, 9.17) is 16.3 Å². The van der Waals surface area contributed by atoms with E-state index in [0.717, 1.165) is 5.02 Å². The van der Waals surface area contributed by atoms with Crippen LogP contribution in [0.4, 0.5) is 4.79 Å². The highest BCUT2D eigenvalue weighted by Crippen LogP contribution is 2.16. The molecule has 1 N–H and O–H groups in total. The zero-order chi connectivity index (χ0) is 17.6. The number of nitrogens with zero attached hydrogens (tertiary/aromatic N) is 1. The first-order valence-corrected chi connectivity index (χ1v) is 8.46. The maximum absolute atomic E-state index is 12.2. The minimum Gasteiger partial charge on any atom is -0.444 e. The van der Waals surface area contributed by atoms with Crippen molar-refractivity contribution in [1.82, 2.24) is 10.2 Å². The first kappa shape index (κ1) is 19.8. The standard InChI is InChI=1S/C18H29ClN2O2/c1-13(2)21(17(22)23-18(4,5)6)12-11-20-14(3)15-7-9-16(19)10-8-15/h7-10,13-14,20H,11-12H2,1-6H3. The number of rotatable bonds is 6. The maximum Gasteiger partial charge on any atom is 0.410 e. The average Bonchev–Trinajstić information content (AvgIpc) is 2.41. The monoisotopic (exact) mass is 340 g/mol. The van der Waals surface area contributed by atoms with Crippen LogP contribution in [0.5, 0.6) is 0 Å². The molecule has 5 heteroatoms. The molecule has 4 nitrogen and oxygen atoms in total. The van der Waals surface area contributed by atoms with Crippen molar-refractivity contribution >= 4 is 17.7 Å². The zero-order valence-corrected chi connectivity index (χ0v) is 15.8. The second-order valence-electron chi connectivity index (χ2n) is 6.99. The van der Waals surface area contributed by atoms with E-state index in [-0.39, 0.29) is 18.2 Å². The first-order valence-electron chi connectivity index (χ1n) is 8.08. The summed E-state index contributed by atoms with van der Waals surface area (Å²) in [6, 6.07) is 8.08. The Balaban J connectivity index is 2.52. The van der Waals surface area contributed by atoms with Gasteiger partial charge in [0.15, 0.2) is 0 Å². The van der Waals surface area contributed by atoms with Gasteiger partial charge in [-0.15, -0.1) is 0 Å². The summed E-state index contributed by atoms with van der Waals surface area (Å²) in [6.45, 7) is 13.0. The van der Waals surface area contributed by atoms with Gasteiger partial charge in [0, 0.05) is 30.2 Å². The quantitative estimate of drug-likeness (QED) is 0.820. The lowest BCUT2D eigenvalue weighted by Gasteiger charge is -2.30. The normalized spacial score (nSPS) is 13.0. The molecule has 1 aromatic rings. The molecule has 0 aliphatic carbocycles. The van der Waals surface area contributed by atoms with Crippen molar-refractivity contribution < 1.29 is 9.53 Å². The van der Waals surface area contributed by atoms with E-state index in [1.165, 1.54) is 5.56 Å². The maximum atomic E-state index is 12.2. The summed E-state index contributed by atoms with van der Waals surface area (Å²) in [7, 11) is 0. The van der Waals surface area contributed by atoms with Gasteiger partial charge in [-0.3, -0.25) is 0 Å². The minimum absolute atomic E-state index is 0.0949. The lowest BCUT2D eigenvalue weighted by molar-refractivity contribution is 0.0192. The molecule has 1 aromatic carbocycles. The van der Waals surface area contributed by atoms with Gasteiger partial charge in [0.25, 0.3) is 0 Å². The van der Waals surface area contributed by atoms with Crippen LogP contribution in [0.25, 0.3) is 0 Å². The van der Waals surface area contributed by atoms with E-state index >= 15 is 0 Å². The molecule has 0 aliphatic heterocycles. The number of halogens is 1. The molecule has 0 aromatic heterocycles. The predicted molar refractivity (Wildman–Crippen MR) is 95.9 cm³/mol. The summed E-state index contributed by atoms with van der Waals surface area (Å²) in [5.74, 6) is 0. The summed E-state index contributed by atoms with van der Waals surface area (Å²) >= 11 is 5.91. The largest absolute Gasteiger partial charge is 0.444 e. The third-order valence-corrected chi connectivity index (χ3v) is 3.68. The summed E-state index contributed by atoms with van der Waals surface area (Å²) in [6.07, 6.45) is -0.270. The van der Waals surface area contributed by atoms with E-state index < -0.39 is 5.60 Å². The van der Waals surface area contributed by atoms with Crippen LogP contribution in [0.1, 0.15) is 53.1 Å². The zero-order valence-electron chi connectivity index (χ0n) is 15.0. The van der Waals surface area contributed by atoms with Crippen LogP contribution >= 0.6 is 11.6 Å². The van der Waals surface area contributed by atoms with Gasteiger partial charge in [-0.05, 0) is 59.2 Å². The van der Waals surface area contributed by atoms with Gasteiger partial charge in [0.1, 0.15) is 5.60 Å². The Morgan fingerprint density at radius 2 is 1.78 bits per heavy atom. The van der Waals surface area contributed by atoms with Crippen LogP contribution in [0.2, 0.25) is 5.02 Å². The Bertz CT molecular complexity index is 495.